The summed E-state index contributed by atoms with van der Waals surface area (Å²) in [4.78, 5) is 0. The van der Waals surface area contributed by atoms with Crippen molar-refractivity contribution in [3.8, 4) is 0 Å². The van der Waals surface area contributed by atoms with Gasteiger partial charge in [0.25, 0.3) is 0 Å². The van der Waals surface area contributed by atoms with Gasteiger partial charge in [0.05, 0.1) is 26.8 Å². The Kier molecular flexibility index (Phi) is 3.91. The third-order valence-corrected chi connectivity index (χ3v) is 4.77. The Labute approximate surface area is 101 Å². The van der Waals surface area contributed by atoms with E-state index in [0.717, 1.165) is 31.0 Å². The summed E-state index contributed by atoms with van der Waals surface area (Å²) in [5.74, 6) is 2.87. The van der Waals surface area contributed by atoms with Gasteiger partial charge in [-0.05, 0) is 31.1 Å². The molecule has 1 saturated heterocycles. The lowest BCUT2D eigenvalue weighted by Crippen LogP contribution is -2.53. The van der Waals surface area contributed by atoms with Crippen molar-refractivity contribution in [1.82, 2.24) is 0 Å². The largest absolute Gasteiger partial charge is 0.370 e. The van der Waals surface area contributed by atoms with Crippen LogP contribution in [0.15, 0.2) is 0 Å². The predicted octanol–water partition coefficient (Wildman–Crippen LogP) is 2.54. The minimum Gasteiger partial charge on any atom is -0.370 e. The Balaban J connectivity index is 1.81. The fourth-order valence-electron chi connectivity index (χ4n) is 3.47. The quantitative estimate of drug-likeness (QED) is 0.672. The molecule has 1 saturated carbocycles. The van der Waals surface area contributed by atoms with E-state index in [4.69, 9.17) is 4.74 Å². The molecule has 0 bridgehead atoms. The molecule has 0 aromatic carbocycles. The molecule has 0 aromatic rings. The molecule has 2 fully saturated rings. The molecule has 2 aliphatic rings. The average Bonchev–Trinajstić information content (AvgIpc) is 2.66. The minimum absolute atomic E-state index is 0.889. The highest BCUT2D eigenvalue weighted by Gasteiger charge is 2.34. The summed E-state index contributed by atoms with van der Waals surface area (Å²) in [5, 5.41) is 0. The van der Waals surface area contributed by atoms with Crippen LogP contribution in [-0.2, 0) is 4.74 Å². The Hall–Kier alpha value is -0.0800. The summed E-state index contributed by atoms with van der Waals surface area (Å²) in [6.07, 6.45) is 4.42. The lowest BCUT2D eigenvalue weighted by Gasteiger charge is -2.39. The summed E-state index contributed by atoms with van der Waals surface area (Å²) in [7, 11) is 2.42. The Bertz CT molecular complexity index is 221. The van der Waals surface area contributed by atoms with Crippen LogP contribution >= 0.6 is 0 Å². The molecule has 0 radical (unpaired) electrons. The smallest absolute Gasteiger partial charge is 0.102 e. The van der Waals surface area contributed by atoms with Crippen LogP contribution in [0.3, 0.4) is 0 Å². The van der Waals surface area contributed by atoms with Gasteiger partial charge in [0.15, 0.2) is 0 Å². The van der Waals surface area contributed by atoms with Gasteiger partial charge in [0.2, 0.25) is 0 Å². The van der Waals surface area contributed by atoms with E-state index in [9.17, 15) is 0 Å². The Morgan fingerprint density at radius 2 is 1.88 bits per heavy atom. The van der Waals surface area contributed by atoms with Crippen molar-refractivity contribution >= 4 is 0 Å². The highest BCUT2D eigenvalue weighted by atomic mass is 16.5. The van der Waals surface area contributed by atoms with Crippen LogP contribution in [0.1, 0.15) is 33.1 Å². The number of hydrogen-bond donors (Lipinski definition) is 0. The number of ether oxygens (including phenoxy) is 1. The number of nitrogens with zero attached hydrogens (tertiary/aromatic N) is 1. The number of morpholine rings is 1. The number of hydrogen-bond acceptors (Lipinski definition) is 1. The van der Waals surface area contributed by atoms with Crippen LogP contribution in [0.2, 0.25) is 0 Å². The van der Waals surface area contributed by atoms with Crippen LogP contribution in [0.5, 0.6) is 0 Å². The van der Waals surface area contributed by atoms with Crippen molar-refractivity contribution in [3.63, 3.8) is 0 Å². The molecular formula is C14H28NO+. The first-order chi connectivity index (χ1) is 7.59. The van der Waals surface area contributed by atoms with Crippen LogP contribution in [0.4, 0.5) is 0 Å². The molecule has 94 valence electrons. The molecular weight excluding hydrogens is 198 g/mol. The molecule has 2 unspecified atom stereocenters. The maximum Gasteiger partial charge on any atom is 0.102 e. The van der Waals surface area contributed by atoms with E-state index >= 15 is 0 Å². The van der Waals surface area contributed by atoms with Gasteiger partial charge in [-0.2, -0.15) is 0 Å². The lowest BCUT2D eigenvalue weighted by atomic mass is 9.93. The van der Waals surface area contributed by atoms with Gasteiger partial charge in [-0.1, -0.05) is 13.8 Å². The molecule has 2 heteroatoms. The molecule has 2 atom stereocenters. The molecule has 16 heavy (non-hydrogen) atoms. The van der Waals surface area contributed by atoms with Crippen molar-refractivity contribution in [1.29, 1.82) is 0 Å². The molecule has 2 nitrogen and oxygen atoms in total. The average molecular weight is 226 g/mol. The van der Waals surface area contributed by atoms with Gasteiger partial charge in [0, 0.05) is 5.92 Å². The van der Waals surface area contributed by atoms with E-state index in [0.29, 0.717) is 0 Å². The zero-order valence-electron chi connectivity index (χ0n) is 11.2. The molecule has 1 aliphatic heterocycles. The highest BCUT2D eigenvalue weighted by molar-refractivity contribution is 4.77. The molecule has 0 N–H and O–H groups in total. The zero-order chi connectivity index (χ0) is 11.6. The maximum atomic E-state index is 5.47. The second-order valence-electron chi connectivity index (χ2n) is 6.54. The fraction of sp³-hybridized carbons (Fsp3) is 1.00. The Morgan fingerprint density at radius 1 is 1.19 bits per heavy atom. The molecule has 0 spiro atoms. The van der Waals surface area contributed by atoms with E-state index in [-0.39, 0.29) is 0 Å². The van der Waals surface area contributed by atoms with Gasteiger partial charge in [0.1, 0.15) is 13.1 Å². The Morgan fingerprint density at radius 3 is 2.44 bits per heavy atom. The number of quaternary nitrogens is 1. The zero-order valence-corrected chi connectivity index (χ0v) is 11.2. The minimum atomic E-state index is 0.889. The molecule has 1 aliphatic carbocycles. The van der Waals surface area contributed by atoms with E-state index in [1.54, 1.807) is 0 Å². The molecule has 1 heterocycles. The summed E-state index contributed by atoms with van der Waals surface area (Å²) >= 11 is 0. The topological polar surface area (TPSA) is 9.23 Å². The van der Waals surface area contributed by atoms with E-state index in [2.05, 4.69) is 20.9 Å². The lowest BCUT2D eigenvalue weighted by molar-refractivity contribution is -0.920. The summed E-state index contributed by atoms with van der Waals surface area (Å²) in [5.41, 5.74) is 0. The van der Waals surface area contributed by atoms with Crippen LogP contribution in [0, 0.1) is 17.8 Å². The van der Waals surface area contributed by atoms with Crippen molar-refractivity contribution in [2.75, 3.05) is 39.9 Å². The van der Waals surface area contributed by atoms with Gasteiger partial charge in [-0.25, -0.2) is 0 Å². The fourth-order valence-corrected chi connectivity index (χ4v) is 3.47. The van der Waals surface area contributed by atoms with Gasteiger partial charge < -0.3 is 9.22 Å². The number of rotatable bonds is 3. The monoisotopic (exact) mass is 226 g/mol. The first-order valence-electron chi connectivity index (χ1n) is 7.00. The standard InChI is InChI=1S/C14H28NO/c1-12(2)14-5-4-13(10-14)11-15(3)6-8-16-9-7-15/h12-14H,4-11H2,1-3H3/q+1. The van der Waals surface area contributed by atoms with Crippen molar-refractivity contribution < 1.29 is 9.22 Å². The van der Waals surface area contributed by atoms with Gasteiger partial charge in [-0.3, -0.25) is 0 Å². The summed E-state index contributed by atoms with van der Waals surface area (Å²) in [6.45, 7) is 10.6. The third kappa shape index (κ3) is 2.98. The van der Waals surface area contributed by atoms with Crippen LogP contribution < -0.4 is 0 Å². The van der Waals surface area contributed by atoms with E-state index in [1.807, 2.05) is 0 Å². The molecule has 0 aromatic heterocycles. The number of likely N-dealkylation sites (N-methyl/N-ethyl adjacent to an activating group) is 1. The van der Waals surface area contributed by atoms with E-state index < -0.39 is 0 Å². The second kappa shape index (κ2) is 5.05. The summed E-state index contributed by atoms with van der Waals surface area (Å²) in [6, 6.07) is 0. The van der Waals surface area contributed by atoms with E-state index in [1.165, 1.54) is 43.4 Å². The molecule has 0 amide bonds. The van der Waals surface area contributed by atoms with Crippen molar-refractivity contribution in [3.05, 3.63) is 0 Å². The maximum absolute atomic E-state index is 5.47. The van der Waals surface area contributed by atoms with Gasteiger partial charge >= 0.3 is 0 Å². The predicted molar refractivity (Wildman–Crippen MR) is 67.3 cm³/mol. The van der Waals surface area contributed by atoms with Gasteiger partial charge in [-0.15, -0.1) is 0 Å². The van der Waals surface area contributed by atoms with Crippen molar-refractivity contribution in [2.45, 2.75) is 33.1 Å². The molecule has 2 rings (SSSR count). The highest BCUT2D eigenvalue weighted by Crippen LogP contribution is 2.36. The third-order valence-electron chi connectivity index (χ3n) is 4.77. The normalized spacial score (nSPS) is 34.5. The first-order valence-corrected chi connectivity index (χ1v) is 7.00. The second-order valence-corrected chi connectivity index (χ2v) is 6.54. The SMILES string of the molecule is CC(C)C1CCC(C[N+]2(C)CCOCC2)C1. The van der Waals surface area contributed by atoms with Crippen LogP contribution in [-0.4, -0.2) is 44.4 Å². The first kappa shape index (κ1) is 12.4. The van der Waals surface area contributed by atoms with Crippen molar-refractivity contribution in [2.24, 2.45) is 17.8 Å². The van der Waals surface area contributed by atoms with Crippen LogP contribution in [0.25, 0.3) is 0 Å². The summed E-state index contributed by atoms with van der Waals surface area (Å²) < 4.78 is 6.73.